The minimum absolute atomic E-state index is 0.0972. The normalized spacial score (nSPS) is 15.9. The van der Waals surface area contributed by atoms with Crippen LogP contribution in [0.25, 0.3) is 0 Å². The molecule has 1 aliphatic rings. The molecule has 0 unspecified atom stereocenters. The third kappa shape index (κ3) is 4.51. The number of amides is 1. The summed E-state index contributed by atoms with van der Waals surface area (Å²) in [5.41, 5.74) is 1.31. The number of hydrogen-bond donors (Lipinski definition) is 2. The van der Waals surface area contributed by atoms with E-state index in [9.17, 15) is 13.2 Å². The molecular weight excluding hydrogens is 372 g/mol. The molecule has 5 nitrogen and oxygen atoms in total. The number of nitrogens with one attached hydrogen (secondary N) is 2. The van der Waals surface area contributed by atoms with Gasteiger partial charge in [0.05, 0.1) is 4.90 Å². The van der Waals surface area contributed by atoms with Crippen LogP contribution in [0, 0.1) is 0 Å². The zero-order valence-corrected chi connectivity index (χ0v) is 16.7. The molecule has 2 N–H and O–H groups in total. The highest BCUT2D eigenvalue weighted by Crippen LogP contribution is 2.40. The molecule has 1 aliphatic carbocycles. The van der Waals surface area contributed by atoms with Crippen LogP contribution in [0.2, 0.25) is 0 Å². The second-order valence-corrected chi connectivity index (χ2v) is 8.97. The molecule has 0 heterocycles. The number of benzene rings is 2. The monoisotopic (exact) mass is 398 g/mol. The van der Waals surface area contributed by atoms with Crippen molar-refractivity contribution in [3.8, 4) is 0 Å². The summed E-state index contributed by atoms with van der Waals surface area (Å²) in [4.78, 5) is 12.2. The first-order chi connectivity index (χ1) is 13.5. The maximum atomic E-state index is 12.9. The summed E-state index contributed by atoms with van der Waals surface area (Å²) in [6.45, 7) is 4.24. The van der Waals surface area contributed by atoms with Crippen LogP contribution >= 0.6 is 0 Å². The zero-order chi connectivity index (χ0) is 20.0. The van der Waals surface area contributed by atoms with Gasteiger partial charge in [0.25, 0.3) is 5.91 Å². The molecule has 1 saturated carbocycles. The predicted molar refractivity (Wildman–Crippen MR) is 111 cm³/mol. The highest BCUT2D eigenvalue weighted by atomic mass is 32.2. The van der Waals surface area contributed by atoms with Gasteiger partial charge in [-0.3, -0.25) is 4.79 Å². The van der Waals surface area contributed by atoms with E-state index in [1.807, 2.05) is 18.2 Å². The lowest BCUT2D eigenvalue weighted by Crippen LogP contribution is -2.39. The Balaban J connectivity index is 1.78. The average Bonchev–Trinajstić information content (AvgIpc) is 3.22. The zero-order valence-electron chi connectivity index (χ0n) is 15.9. The number of rotatable bonds is 8. The molecule has 148 valence electrons. The topological polar surface area (TPSA) is 75.3 Å². The first-order valence-electron chi connectivity index (χ1n) is 9.51. The van der Waals surface area contributed by atoms with Gasteiger partial charge < -0.3 is 5.32 Å². The Hall–Kier alpha value is -2.44. The second-order valence-electron chi connectivity index (χ2n) is 7.20. The molecule has 0 bridgehead atoms. The van der Waals surface area contributed by atoms with E-state index in [-0.39, 0.29) is 16.2 Å². The number of carbonyl (C=O) groups is 1. The molecule has 28 heavy (non-hydrogen) atoms. The van der Waals surface area contributed by atoms with Crippen molar-refractivity contribution in [1.82, 2.24) is 10.0 Å². The van der Waals surface area contributed by atoms with E-state index in [0.717, 1.165) is 25.7 Å². The van der Waals surface area contributed by atoms with Crippen molar-refractivity contribution < 1.29 is 13.2 Å². The first-order valence-corrected chi connectivity index (χ1v) is 11.0. The van der Waals surface area contributed by atoms with Crippen molar-refractivity contribution in [3.63, 3.8) is 0 Å². The summed E-state index contributed by atoms with van der Waals surface area (Å²) in [5.74, 6) is -0.325. The Bertz CT molecular complexity index is 933. The van der Waals surface area contributed by atoms with Crippen molar-refractivity contribution in [2.75, 3.05) is 13.1 Å². The Morgan fingerprint density at radius 2 is 1.79 bits per heavy atom. The van der Waals surface area contributed by atoms with Gasteiger partial charge in [-0.05, 0) is 36.6 Å². The minimum atomic E-state index is -3.72. The van der Waals surface area contributed by atoms with E-state index >= 15 is 0 Å². The van der Waals surface area contributed by atoms with Gasteiger partial charge in [0.15, 0.2) is 0 Å². The van der Waals surface area contributed by atoms with Gasteiger partial charge in [-0.25, -0.2) is 13.1 Å². The number of hydrogen-bond acceptors (Lipinski definition) is 3. The molecule has 0 spiro atoms. The van der Waals surface area contributed by atoms with E-state index in [4.69, 9.17) is 0 Å². The molecule has 2 aromatic rings. The summed E-state index contributed by atoms with van der Waals surface area (Å²) < 4.78 is 28.6. The lowest BCUT2D eigenvalue weighted by molar-refractivity contribution is 0.0958. The van der Waals surface area contributed by atoms with Gasteiger partial charge in [-0.1, -0.05) is 55.3 Å². The van der Waals surface area contributed by atoms with Gasteiger partial charge in [0.1, 0.15) is 0 Å². The van der Waals surface area contributed by atoms with Crippen LogP contribution in [0.5, 0.6) is 0 Å². The first kappa shape index (κ1) is 20.3. The van der Waals surface area contributed by atoms with Gasteiger partial charge in [-0.2, -0.15) is 0 Å². The summed E-state index contributed by atoms with van der Waals surface area (Å²) in [6, 6.07) is 16.2. The van der Waals surface area contributed by atoms with Crippen LogP contribution in [0.4, 0.5) is 0 Å². The van der Waals surface area contributed by atoms with E-state index < -0.39 is 10.0 Å². The number of carbonyl (C=O) groups excluding carboxylic acids is 1. The highest BCUT2D eigenvalue weighted by molar-refractivity contribution is 7.89. The fourth-order valence-electron chi connectivity index (χ4n) is 3.80. The fraction of sp³-hybridized carbons (Fsp3) is 0.318. The summed E-state index contributed by atoms with van der Waals surface area (Å²) in [5, 5.41) is 2.66. The molecular formula is C22H26N2O3S. The van der Waals surface area contributed by atoms with E-state index in [0.29, 0.717) is 18.7 Å². The van der Waals surface area contributed by atoms with E-state index in [1.54, 1.807) is 18.2 Å². The molecule has 0 atom stereocenters. The molecule has 0 radical (unpaired) electrons. The lowest BCUT2D eigenvalue weighted by atomic mass is 9.79. The molecule has 0 aliphatic heterocycles. The quantitative estimate of drug-likeness (QED) is 0.669. The second kappa shape index (κ2) is 8.71. The van der Waals surface area contributed by atoms with Crippen LogP contribution in [-0.4, -0.2) is 27.4 Å². The van der Waals surface area contributed by atoms with Gasteiger partial charge in [-0.15, -0.1) is 6.58 Å². The molecule has 1 amide bonds. The molecule has 0 aromatic heterocycles. The van der Waals surface area contributed by atoms with Crippen LogP contribution in [0.1, 0.15) is 41.6 Å². The average molecular weight is 399 g/mol. The Labute approximate surface area is 166 Å². The molecule has 1 fully saturated rings. The van der Waals surface area contributed by atoms with Gasteiger partial charge in [0, 0.05) is 24.1 Å². The van der Waals surface area contributed by atoms with Crippen molar-refractivity contribution >= 4 is 15.9 Å². The maximum Gasteiger partial charge on any atom is 0.251 e. The molecule has 6 heteroatoms. The smallest absolute Gasteiger partial charge is 0.251 e. The molecule has 2 aromatic carbocycles. The van der Waals surface area contributed by atoms with Crippen LogP contribution in [0.3, 0.4) is 0 Å². The maximum absolute atomic E-state index is 12.9. The minimum Gasteiger partial charge on any atom is -0.349 e. The van der Waals surface area contributed by atoms with E-state index in [1.165, 1.54) is 17.7 Å². The SMILES string of the molecule is C=CCNC(=O)c1cccc(S(=O)(=O)NCC2(c3ccccc3)CCCC2)c1. The predicted octanol–water partition coefficient (Wildman–Crippen LogP) is 3.39. The number of sulfonamides is 1. The van der Waals surface area contributed by atoms with Crippen molar-refractivity contribution in [2.24, 2.45) is 0 Å². The summed E-state index contributed by atoms with van der Waals surface area (Å²) in [6.07, 6.45) is 5.68. The van der Waals surface area contributed by atoms with E-state index in [2.05, 4.69) is 28.8 Å². The van der Waals surface area contributed by atoms with Crippen LogP contribution in [-0.2, 0) is 15.4 Å². The third-order valence-electron chi connectivity index (χ3n) is 5.36. The largest absolute Gasteiger partial charge is 0.349 e. The fourth-order valence-corrected chi connectivity index (χ4v) is 4.97. The van der Waals surface area contributed by atoms with Crippen LogP contribution in [0.15, 0.2) is 72.1 Å². The third-order valence-corrected chi connectivity index (χ3v) is 6.76. The van der Waals surface area contributed by atoms with Crippen LogP contribution < -0.4 is 10.0 Å². The Kier molecular flexibility index (Phi) is 6.31. The van der Waals surface area contributed by atoms with Crippen molar-refractivity contribution in [3.05, 3.63) is 78.4 Å². The summed E-state index contributed by atoms with van der Waals surface area (Å²) in [7, 11) is -3.72. The van der Waals surface area contributed by atoms with Gasteiger partial charge in [0.2, 0.25) is 10.0 Å². The Morgan fingerprint density at radius 3 is 2.46 bits per heavy atom. The van der Waals surface area contributed by atoms with Gasteiger partial charge >= 0.3 is 0 Å². The standard InChI is InChI=1S/C22H26N2O3S/c1-2-15-23-21(25)18-9-8-12-20(16-18)28(26,27)24-17-22(13-6-7-14-22)19-10-4-3-5-11-19/h2-5,8-12,16,24H,1,6-7,13-15,17H2,(H,23,25). The molecule has 3 rings (SSSR count). The Morgan fingerprint density at radius 1 is 1.07 bits per heavy atom. The van der Waals surface area contributed by atoms with Crippen molar-refractivity contribution in [2.45, 2.75) is 36.0 Å². The molecule has 0 saturated heterocycles. The highest BCUT2D eigenvalue weighted by Gasteiger charge is 2.36. The summed E-state index contributed by atoms with van der Waals surface area (Å²) >= 11 is 0. The lowest BCUT2D eigenvalue weighted by Gasteiger charge is -2.30. The van der Waals surface area contributed by atoms with Crippen molar-refractivity contribution in [1.29, 1.82) is 0 Å².